The Kier molecular flexibility index (Phi) is 4.73. The number of nitrogens with two attached hydrogens (primary N) is 1. The van der Waals surface area contributed by atoms with Crippen LogP contribution in [0.25, 0.3) is 0 Å². The van der Waals surface area contributed by atoms with Gasteiger partial charge in [-0.1, -0.05) is 20.8 Å². The van der Waals surface area contributed by atoms with E-state index >= 15 is 0 Å². The van der Waals surface area contributed by atoms with Crippen molar-refractivity contribution in [3.63, 3.8) is 0 Å². The van der Waals surface area contributed by atoms with Crippen molar-refractivity contribution in [3.8, 4) is 0 Å². The predicted molar refractivity (Wildman–Crippen MR) is 70.8 cm³/mol. The minimum Gasteiger partial charge on any atom is -0.359 e. The van der Waals surface area contributed by atoms with Gasteiger partial charge in [0.25, 0.3) is 0 Å². The van der Waals surface area contributed by atoms with Crippen LogP contribution in [0, 0.1) is 11.3 Å². The molecule has 0 radical (unpaired) electrons. The van der Waals surface area contributed by atoms with Crippen LogP contribution < -0.4 is 11.1 Å². The Morgan fingerprint density at radius 3 is 2.50 bits per heavy atom. The molecule has 0 bridgehead atoms. The molecule has 104 valence electrons. The summed E-state index contributed by atoms with van der Waals surface area (Å²) in [6, 6.07) is -0.513. The van der Waals surface area contributed by atoms with Gasteiger partial charge in [0, 0.05) is 20.1 Å². The third-order valence-corrected chi connectivity index (χ3v) is 3.55. The zero-order valence-electron chi connectivity index (χ0n) is 11.8. The zero-order valence-corrected chi connectivity index (χ0v) is 11.8. The van der Waals surface area contributed by atoms with Crippen molar-refractivity contribution in [2.75, 3.05) is 20.1 Å². The molecule has 0 unspecified atom stereocenters. The van der Waals surface area contributed by atoms with Crippen LogP contribution in [0.3, 0.4) is 0 Å². The van der Waals surface area contributed by atoms with Crippen molar-refractivity contribution in [1.82, 2.24) is 10.2 Å². The Morgan fingerprint density at radius 1 is 1.39 bits per heavy atom. The minimum atomic E-state index is -0.513. The van der Waals surface area contributed by atoms with E-state index in [1.54, 1.807) is 11.9 Å². The molecule has 1 aliphatic heterocycles. The maximum atomic E-state index is 12.3. The standard InChI is InChI=1S/C13H25N3O2/c1-13(2,3)10(14)12(18)16-7-5-6-9(8-16)11(17)15-4/h9-10H,5-8,14H2,1-4H3,(H,15,17)/t9-,10+/m0/s1. The molecule has 0 spiro atoms. The normalized spacial score (nSPS) is 22.5. The number of nitrogens with one attached hydrogen (secondary N) is 1. The summed E-state index contributed by atoms with van der Waals surface area (Å²) >= 11 is 0. The van der Waals surface area contributed by atoms with E-state index in [0.29, 0.717) is 13.1 Å². The first kappa shape index (κ1) is 15.0. The largest absolute Gasteiger partial charge is 0.359 e. The molecular weight excluding hydrogens is 230 g/mol. The van der Waals surface area contributed by atoms with Gasteiger partial charge in [-0.15, -0.1) is 0 Å². The molecule has 3 N–H and O–H groups in total. The van der Waals surface area contributed by atoms with Gasteiger partial charge in [-0.3, -0.25) is 9.59 Å². The lowest BCUT2D eigenvalue weighted by atomic mass is 9.85. The van der Waals surface area contributed by atoms with Gasteiger partial charge in [0.15, 0.2) is 0 Å². The number of nitrogens with zero attached hydrogens (tertiary/aromatic N) is 1. The quantitative estimate of drug-likeness (QED) is 0.747. The first-order valence-corrected chi connectivity index (χ1v) is 6.53. The molecule has 1 rings (SSSR count). The summed E-state index contributed by atoms with van der Waals surface area (Å²) in [5.41, 5.74) is 5.73. The third-order valence-electron chi connectivity index (χ3n) is 3.55. The Bertz CT molecular complexity index is 323. The Balaban J connectivity index is 2.67. The molecular formula is C13H25N3O2. The molecule has 0 aromatic carbocycles. The van der Waals surface area contributed by atoms with Gasteiger partial charge in [0.2, 0.25) is 11.8 Å². The number of carbonyl (C=O) groups excluding carboxylic acids is 2. The van der Waals surface area contributed by atoms with Gasteiger partial charge < -0.3 is 16.0 Å². The van der Waals surface area contributed by atoms with Gasteiger partial charge in [-0.25, -0.2) is 0 Å². The second kappa shape index (κ2) is 5.69. The fourth-order valence-electron chi connectivity index (χ4n) is 2.16. The fourth-order valence-corrected chi connectivity index (χ4v) is 2.16. The van der Waals surface area contributed by atoms with E-state index in [1.165, 1.54) is 0 Å². The highest BCUT2D eigenvalue weighted by molar-refractivity contribution is 5.84. The summed E-state index contributed by atoms with van der Waals surface area (Å²) < 4.78 is 0. The molecule has 0 aromatic heterocycles. The number of hydrogen-bond acceptors (Lipinski definition) is 3. The summed E-state index contributed by atoms with van der Waals surface area (Å²) in [5.74, 6) is -0.132. The summed E-state index contributed by atoms with van der Waals surface area (Å²) in [6.45, 7) is 7.06. The molecule has 18 heavy (non-hydrogen) atoms. The van der Waals surface area contributed by atoms with Gasteiger partial charge in [0.05, 0.1) is 12.0 Å². The molecule has 0 saturated carbocycles. The predicted octanol–water partition coefficient (Wildman–Crippen LogP) is 0.344. The molecule has 0 aromatic rings. The number of piperidine rings is 1. The highest BCUT2D eigenvalue weighted by Crippen LogP contribution is 2.22. The van der Waals surface area contributed by atoms with E-state index < -0.39 is 6.04 Å². The van der Waals surface area contributed by atoms with Crippen LogP contribution in [-0.2, 0) is 9.59 Å². The number of likely N-dealkylation sites (tertiary alicyclic amines) is 1. The Hall–Kier alpha value is -1.10. The van der Waals surface area contributed by atoms with Crippen molar-refractivity contribution in [2.45, 2.75) is 39.7 Å². The molecule has 2 atom stereocenters. The average Bonchev–Trinajstić information content (AvgIpc) is 2.35. The Morgan fingerprint density at radius 2 is 2.00 bits per heavy atom. The lowest BCUT2D eigenvalue weighted by molar-refractivity contribution is -0.138. The summed E-state index contributed by atoms with van der Waals surface area (Å²) in [6.07, 6.45) is 1.70. The zero-order chi connectivity index (χ0) is 13.9. The molecule has 2 amide bonds. The van der Waals surface area contributed by atoms with E-state index in [-0.39, 0.29) is 23.1 Å². The van der Waals surface area contributed by atoms with Crippen molar-refractivity contribution in [1.29, 1.82) is 0 Å². The fraction of sp³-hybridized carbons (Fsp3) is 0.846. The number of hydrogen-bond donors (Lipinski definition) is 2. The van der Waals surface area contributed by atoms with Crippen molar-refractivity contribution < 1.29 is 9.59 Å². The SMILES string of the molecule is CNC(=O)[C@H]1CCCN(C(=O)[C@@H](N)C(C)(C)C)C1. The lowest BCUT2D eigenvalue weighted by Gasteiger charge is -2.36. The van der Waals surface area contributed by atoms with Crippen molar-refractivity contribution >= 4 is 11.8 Å². The summed E-state index contributed by atoms with van der Waals surface area (Å²) in [7, 11) is 1.63. The van der Waals surface area contributed by atoms with Gasteiger partial charge in [-0.2, -0.15) is 0 Å². The van der Waals surface area contributed by atoms with E-state index in [2.05, 4.69) is 5.32 Å². The topological polar surface area (TPSA) is 75.4 Å². The highest BCUT2D eigenvalue weighted by atomic mass is 16.2. The maximum Gasteiger partial charge on any atom is 0.240 e. The smallest absolute Gasteiger partial charge is 0.240 e. The van der Waals surface area contributed by atoms with Crippen LogP contribution in [0.15, 0.2) is 0 Å². The van der Waals surface area contributed by atoms with Gasteiger partial charge in [-0.05, 0) is 18.3 Å². The van der Waals surface area contributed by atoms with Crippen LogP contribution >= 0.6 is 0 Å². The molecule has 1 aliphatic rings. The number of carbonyl (C=O) groups is 2. The summed E-state index contributed by atoms with van der Waals surface area (Å²) in [5, 5.41) is 2.65. The first-order valence-electron chi connectivity index (χ1n) is 6.53. The molecule has 1 heterocycles. The lowest BCUT2D eigenvalue weighted by Crippen LogP contribution is -2.54. The number of amides is 2. The molecule has 5 nitrogen and oxygen atoms in total. The van der Waals surface area contributed by atoms with Crippen LogP contribution in [0.1, 0.15) is 33.6 Å². The van der Waals surface area contributed by atoms with E-state index in [4.69, 9.17) is 5.73 Å². The molecule has 0 aliphatic carbocycles. The molecule has 1 saturated heterocycles. The maximum absolute atomic E-state index is 12.3. The first-order chi connectivity index (χ1) is 8.27. The van der Waals surface area contributed by atoms with Crippen LogP contribution in [0.5, 0.6) is 0 Å². The van der Waals surface area contributed by atoms with Crippen LogP contribution in [0.2, 0.25) is 0 Å². The average molecular weight is 255 g/mol. The molecule has 5 heteroatoms. The number of rotatable bonds is 2. The van der Waals surface area contributed by atoms with Gasteiger partial charge >= 0.3 is 0 Å². The van der Waals surface area contributed by atoms with Crippen molar-refractivity contribution in [2.24, 2.45) is 17.1 Å². The van der Waals surface area contributed by atoms with Crippen molar-refractivity contribution in [3.05, 3.63) is 0 Å². The van der Waals surface area contributed by atoms with Gasteiger partial charge in [0.1, 0.15) is 0 Å². The summed E-state index contributed by atoms with van der Waals surface area (Å²) in [4.78, 5) is 25.6. The second-order valence-electron chi connectivity index (χ2n) is 6.08. The van der Waals surface area contributed by atoms with E-state index in [0.717, 1.165) is 12.8 Å². The third kappa shape index (κ3) is 3.45. The van der Waals surface area contributed by atoms with E-state index in [9.17, 15) is 9.59 Å². The van der Waals surface area contributed by atoms with Crippen LogP contribution in [0.4, 0.5) is 0 Å². The second-order valence-corrected chi connectivity index (χ2v) is 6.08. The Labute approximate surface area is 109 Å². The van der Waals surface area contributed by atoms with Crippen LogP contribution in [-0.4, -0.2) is 42.9 Å². The molecule has 1 fully saturated rings. The van der Waals surface area contributed by atoms with E-state index in [1.807, 2.05) is 20.8 Å². The minimum absolute atomic E-state index is 0.0110. The highest BCUT2D eigenvalue weighted by Gasteiger charge is 2.34. The monoisotopic (exact) mass is 255 g/mol.